The maximum atomic E-state index is 13.3. The lowest BCUT2D eigenvalue weighted by atomic mass is 9.94. The number of likely N-dealkylation sites (tertiary alicyclic amines) is 1. The molecule has 1 aliphatic rings. The number of hydrogen-bond acceptors (Lipinski definition) is 5. The second-order valence-electron chi connectivity index (χ2n) is 10.00. The molecule has 1 amide bonds. The third kappa shape index (κ3) is 5.97. The number of benzene rings is 3. The summed E-state index contributed by atoms with van der Waals surface area (Å²) in [5, 5.41) is 11.4. The normalized spacial score (nSPS) is 16.9. The molecule has 1 aliphatic heterocycles. The lowest BCUT2D eigenvalue weighted by molar-refractivity contribution is -0.139. The highest BCUT2D eigenvalue weighted by Crippen LogP contribution is 2.40. The molecule has 3 aromatic rings. The number of aliphatic hydroxyl groups excluding tert-OH is 1. The number of amides is 1. The molecule has 3 aromatic carbocycles. The number of hydrogen-bond donors (Lipinski definition) is 1. The molecule has 0 aliphatic carbocycles. The molecule has 0 saturated carbocycles. The van der Waals surface area contributed by atoms with Crippen molar-refractivity contribution in [3.63, 3.8) is 0 Å². The summed E-state index contributed by atoms with van der Waals surface area (Å²) in [6.45, 7) is 5.62. The molecular formula is C32H36N2O4. The SMILES string of the molecule is CCc1ccc([C@@H]2C(=C(O)c3ccc(OCc4ccccc4)c(C)c3)C(=O)C(=O)N2CCCN(C)C)cc1. The highest BCUT2D eigenvalue weighted by Gasteiger charge is 2.45. The van der Waals surface area contributed by atoms with Crippen LogP contribution in [-0.4, -0.2) is 53.8 Å². The number of carbonyl (C=O) groups is 2. The summed E-state index contributed by atoms with van der Waals surface area (Å²) in [5.41, 5.74) is 4.47. The van der Waals surface area contributed by atoms with Crippen molar-refractivity contribution in [3.8, 4) is 5.75 Å². The number of aryl methyl sites for hydroxylation is 2. The second-order valence-corrected chi connectivity index (χ2v) is 10.00. The Kier molecular flexibility index (Phi) is 8.64. The lowest BCUT2D eigenvalue weighted by Crippen LogP contribution is -2.32. The molecule has 38 heavy (non-hydrogen) atoms. The molecule has 0 bridgehead atoms. The van der Waals surface area contributed by atoms with Crippen LogP contribution in [0.25, 0.3) is 5.76 Å². The average Bonchev–Trinajstić information content (AvgIpc) is 3.17. The molecule has 6 heteroatoms. The minimum Gasteiger partial charge on any atom is -0.507 e. The second kappa shape index (κ2) is 12.1. The van der Waals surface area contributed by atoms with Gasteiger partial charge in [-0.2, -0.15) is 0 Å². The van der Waals surface area contributed by atoms with E-state index in [-0.39, 0.29) is 11.3 Å². The summed E-state index contributed by atoms with van der Waals surface area (Å²) in [6, 6.07) is 22.5. The van der Waals surface area contributed by atoms with Gasteiger partial charge < -0.3 is 19.6 Å². The molecule has 0 spiro atoms. The molecule has 1 saturated heterocycles. The standard InChI is InChI=1S/C32H36N2O4/c1-5-23-12-14-25(15-13-23)29-28(31(36)32(37)34(29)19-9-18-33(3)4)30(35)26-16-17-27(22(2)20-26)38-21-24-10-7-6-8-11-24/h6-8,10-17,20,29,35H,5,9,18-19,21H2,1-4H3/t29-/m1/s1. The van der Waals surface area contributed by atoms with Crippen LogP contribution in [0, 0.1) is 6.92 Å². The van der Waals surface area contributed by atoms with E-state index in [0.29, 0.717) is 24.5 Å². The lowest BCUT2D eigenvalue weighted by Gasteiger charge is -2.26. The molecule has 1 fully saturated rings. The van der Waals surface area contributed by atoms with E-state index >= 15 is 0 Å². The molecule has 1 atom stereocenters. The third-order valence-corrected chi connectivity index (χ3v) is 6.93. The molecule has 198 valence electrons. The maximum Gasteiger partial charge on any atom is 0.295 e. The fourth-order valence-corrected chi connectivity index (χ4v) is 4.80. The van der Waals surface area contributed by atoms with Gasteiger partial charge in [0.05, 0.1) is 11.6 Å². The third-order valence-electron chi connectivity index (χ3n) is 6.93. The first-order chi connectivity index (χ1) is 18.3. The van der Waals surface area contributed by atoms with E-state index in [9.17, 15) is 14.7 Å². The zero-order chi connectivity index (χ0) is 27.2. The van der Waals surface area contributed by atoms with Crippen LogP contribution in [0.15, 0.2) is 78.4 Å². The van der Waals surface area contributed by atoms with Crippen LogP contribution in [0.3, 0.4) is 0 Å². The van der Waals surface area contributed by atoms with Crippen molar-refractivity contribution in [2.24, 2.45) is 0 Å². The van der Waals surface area contributed by atoms with Gasteiger partial charge in [0, 0.05) is 12.1 Å². The number of ketones is 1. The number of carbonyl (C=O) groups excluding carboxylic acids is 2. The topological polar surface area (TPSA) is 70.1 Å². The van der Waals surface area contributed by atoms with Crippen molar-refractivity contribution < 1.29 is 19.4 Å². The molecule has 4 rings (SSSR count). The van der Waals surface area contributed by atoms with Crippen LogP contribution in [0.1, 0.15) is 47.2 Å². The minimum absolute atomic E-state index is 0.126. The van der Waals surface area contributed by atoms with E-state index in [1.54, 1.807) is 23.1 Å². The monoisotopic (exact) mass is 512 g/mol. The van der Waals surface area contributed by atoms with E-state index in [1.807, 2.05) is 80.5 Å². The van der Waals surface area contributed by atoms with Gasteiger partial charge >= 0.3 is 0 Å². The quantitative estimate of drug-likeness (QED) is 0.220. The molecule has 6 nitrogen and oxygen atoms in total. The Hall–Kier alpha value is -3.90. The molecule has 0 unspecified atom stereocenters. The van der Waals surface area contributed by atoms with E-state index < -0.39 is 17.7 Å². The number of rotatable bonds is 10. The number of nitrogens with zero attached hydrogens (tertiary/aromatic N) is 2. The van der Waals surface area contributed by atoms with Crippen LogP contribution < -0.4 is 4.74 Å². The van der Waals surface area contributed by atoms with Crippen LogP contribution in [0.4, 0.5) is 0 Å². The molecular weight excluding hydrogens is 476 g/mol. The van der Waals surface area contributed by atoms with Gasteiger partial charge in [-0.15, -0.1) is 0 Å². The van der Waals surface area contributed by atoms with Gasteiger partial charge in [-0.25, -0.2) is 0 Å². The Labute approximate surface area is 225 Å². The van der Waals surface area contributed by atoms with Gasteiger partial charge in [-0.3, -0.25) is 9.59 Å². The van der Waals surface area contributed by atoms with Gasteiger partial charge in [0.25, 0.3) is 11.7 Å². The van der Waals surface area contributed by atoms with Crippen LogP contribution in [-0.2, 0) is 22.6 Å². The summed E-state index contributed by atoms with van der Waals surface area (Å²) < 4.78 is 5.98. The summed E-state index contributed by atoms with van der Waals surface area (Å²) in [4.78, 5) is 30.1. The summed E-state index contributed by atoms with van der Waals surface area (Å²) in [6.07, 6.45) is 1.61. The fourth-order valence-electron chi connectivity index (χ4n) is 4.80. The fraction of sp³-hybridized carbons (Fsp3) is 0.312. The van der Waals surface area contributed by atoms with Crippen molar-refractivity contribution in [2.45, 2.75) is 39.3 Å². The molecule has 1 heterocycles. The Morgan fingerprint density at radius 3 is 2.32 bits per heavy atom. The van der Waals surface area contributed by atoms with Gasteiger partial charge in [0.1, 0.15) is 18.1 Å². The van der Waals surface area contributed by atoms with Crippen LogP contribution in [0.2, 0.25) is 0 Å². The van der Waals surface area contributed by atoms with Gasteiger partial charge in [-0.1, -0.05) is 61.5 Å². The molecule has 0 aromatic heterocycles. The predicted molar refractivity (Wildman–Crippen MR) is 150 cm³/mol. The summed E-state index contributed by atoms with van der Waals surface area (Å²) in [5.74, 6) is -0.699. The minimum atomic E-state index is -0.654. The number of aliphatic hydroxyl groups is 1. The van der Waals surface area contributed by atoms with Crippen molar-refractivity contribution in [2.75, 3.05) is 27.2 Å². The average molecular weight is 513 g/mol. The zero-order valence-electron chi connectivity index (χ0n) is 22.6. The van der Waals surface area contributed by atoms with E-state index in [0.717, 1.165) is 36.1 Å². The summed E-state index contributed by atoms with van der Waals surface area (Å²) in [7, 11) is 3.95. The van der Waals surface area contributed by atoms with Gasteiger partial charge in [0.15, 0.2) is 0 Å². The Morgan fingerprint density at radius 1 is 0.974 bits per heavy atom. The largest absolute Gasteiger partial charge is 0.507 e. The van der Waals surface area contributed by atoms with Crippen molar-refractivity contribution in [3.05, 3.63) is 106 Å². The van der Waals surface area contributed by atoms with E-state index in [4.69, 9.17) is 4.74 Å². The van der Waals surface area contributed by atoms with Gasteiger partial charge in [-0.05, 0) is 80.9 Å². The van der Waals surface area contributed by atoms with E-state index in [2.05, 4.69) is 6.92 Å². The first-order valence-corrected chi connectivity index (χ1v) is 13.1. The predicted octanol–water partition coefficient (Wildman–Crippen LogP) is 5.51. The molecule has 0 radical (unpaired) electrons. The van der Waals surface area contributed by atoms with E-state index in [1.165, 1.54) is 5.56 Å². The maximum absolute atomic E-state index is 13.3. The van der Waals surface area contributed by atoms with Crippen molar-refractivity contribution in [1.82, 2.24) is 9.80 Å². The Bertz CT molecular complexity index is 1310. The number of Topliss-reactive ketones (excluding diaryl/α,β-unsaturated/α-hetero) is 1. The highest BCUT2D eigenvalue weighted by molar-refractivity contribution is 6.46. The van der Waals surface area contributed by atoms with Crippen molar-refractivity contribution in [1.29, 1.82) is 0 Å². The van der Waals surface area contributed by atoms with Crippen LogP contribution in [0.5, 0.6) is 5.75 Å². The Morgan fingerprint density at radius 2 is 1.68 bits per heavy atom. The van der Waals surface area contributed by atoms with Crippen molar-refractivity contribution >= 4 is 17.4 Å². The van der Waals surface area contributed by atoms with Crippen LogP contribution >= 0.6 is 0 Å². The zero-order valence-corrected chi connectivity index (χ0v) is 22.6. The first-order valence-electron chi connectivity index (χ1n) is 13.1. The first kappa shape index (κ1) is 27.1. The molecule has 1 N–H and O–H groups in total. The highest BCUT2D eigenvalue weighted by atomic mass is 16.5. The van der Waals surface area contributed by atoms with Gasteiger partial charge in [0.2, 0.25) is 0 Å². The number of ether oxygens (including phenoxy) is 1. The smallest absolute Gasteiger partial charge is 0.295 e. The Balaban J connectivity index is 1.68. The summed E-state index contributed by atoms with van der Waals surface area (Å²) >= 11 is 0.